The molecule has 16 heavy (non-hydrogen) atoms. The van der Waals surface area contributed by atoms with Gasteiger partial charge in [0.2, 0.25) is 0 Å². The Morgan fingerprint density at radius 3 is 2.62 bits per heavy atom. The van der Waals surface area contributed by atoms with E-state index in [1.54, 1.807) is 6.07 Å². The molecule has 90 valence electrons. The summed E-state index contributed by atoms with van der Waals surface area (Å²) < 4.78 is 13.9. The molecule has 1 aromatic rings. The zero-order valence-corrected chi connectivity index (χ0v) is 12.1. The summed E-state index contributed by atoms with van der Waals surface area (Å²) in [5.41, 5.74) is 7.29. The van der Waals surface area contributed by atoms with Crippen LogP contribution < -0.4 is 11.1 Å². The smallest absolute Gasteiger partial charge is 0.138 e. The standard InChI is InChI=1S/C12H18FIN2/c1-4-12(2,3)7-16-11-5-8(13)9(14)6-10(11)15/h5-6,16H,4,7,15H2,1-3H3. The number of nitrogens with two attached hydrogens (primary N) is 1. The second-order valence-corrected chi connectivity index (χ2v) is 5.89. The molecule has 0 unspecified atom stereocenters. The highest BCUT2D eigenvalue weighted by atomic mass is 127. The Labute approximate surface area is 110 Å². The van der Waals surface area contributed by atoms with Crippen molar-refractivity contribution in [2.75, 3.05) is 17.6 Å². The number of anilines is 2. The molecule has 0 spiro atoms. The number of nitrogens with one attached hydrogen (secondary N) is 1. The summed E-state index contributed by atoms with van der Waals surface area (Å²) in [4.78, 5) is 0. The molecule has 0 saturated carbocycles. The molecule has 0 aromatic heterocycles. The molecule has 0 aliphatic heterocycles. The summed E-state index contributed by atoms with van der Waals surface area (Å²) in [6, 6.07) is 3.11. The molecule has 0 atom stereocenters. The first-order chi connectivity index (χ1) is 7.35. The van der Waals surface area contributed by atoms with Crippen LogP contribution in [0.5, 0.6) is 0 Å². The van der Waals surface area contributed by atoms with E-state index in [4.69, 9.17) is 5.73 Å². The van der Waals surface area contributed by atoms with Crippen molar-refractivity contribution in [2.45, 2.75) is 27.2 Å². The maximum atomic E-state index is 13.4. The second-order valence-electron chi connectivity index (χ2n) is 4.72. The molecule has 0 radical (unpaired) electrons. The van der Waals surface area contributed by atoms with Crippen LogP contribution in [0.3, 0.4) is 0 Å². The monoisotopic (exact) mass is 336 g/mol. The molecule has 0 aliphatic rings. The quantitative estimate of drug-likeness (QED) is 0.647. The predicted octanol–water partition coefficient (Wildman–Crippen LogP) is 3.86. The minimum atomic E-state index is -0.230. The van der Waals surface area contributed by atoms with Crippen molar-refractivity contribution < 1.29 is 4.39 Å². The van der Waals surface area contributed by atoms with Crippen LogP contribution in [-0.2, 0) is 0 Å². The van der Waals surface area contributed by atoms with Gasteiger partial charge < -0.3 is 11.1 Å². The molecule has 0 bridgehead atoms. The number of hydrogen-bond donors (Lipinski definition) is 2. The third kappa shape index (κ3) is 3.50. The fourth-order valence-corrected chi connectivity index (χ4v) is 1.67. The summed E-state index contributed by atoms with van der Waals surface area (Å²) in [6.45, 7) is 7.26. The van der Waals surface area contributed by atoms with Gasteiger partial charge in [-0.3, -0.25) is 0 Å². The van der Waals surface area contributed by atoms with Gasteiger partial charge in [0.25, 0.3) is 0 Å². The van der Waals surface area contributed by atoms with E-state index in [1.165, 1.54) is 6.07 Å². The minimum Gasteiger partial charge on any atom is -0.397 e. The second kappa shape index (κ2) is 5.21. The van der Waals surface area contributed by atoms with Crippen LogP contribution in [0.25, 0.3) is 0 Å². The third-order valence-corrected chi connectivity index (χ3v) is 3.63. The number of hydrogen-bond acceptors (Lipinski definition) is 2. The highest BCUT2D eigenvalue weighted by Crippen LogP contribution is 2.26. The van der Waals surface area contributed by atoms with Crippen LogP contribution in [0, 0.1) is 14.8 Å². The Balaban J connectivity index is 2.79. The van der Waals surface area contributed by atoms with Crippen molar-refractivity contribution in [1.29, 1.82) is 0 Å². The Bertz CT molecular complexity index is 378. The highest BCUT2D eigenvalue weighted by molar-refractivity contribution is 14.1. The summed E-state index contributed by atoms with van der Waals surface area (Å²) in [6.07, 6.45) is 1.06. The largest absolute Gasteiger partial charge is 0.397 e. The van der Waals surface area contributed by atoms with E-state index < -0.39 is 0 Å². The van der Waals surface area contributed by atoms with Gasteiger partial charge in [-0.2, -0.15) is 0 Å². The van der Waals surface area contributed by atoms with Crippen molar-refractivity contribution >= 4 is 34.0 Å². The van der Waals surface area contributed by atoms with Gasteiger partial charge in [-0.05, 0) is 40.5 Å². The summed E-state index contributed by atoms with van der Waals surface area (Å²) in [5, 5.41) is 3.20. The maximum Gasteiger partial charge on any atom is 0.138 e. The van der Waals surface area contributed by atoms with E-state index >= 15 is 0 Å². The van der Waals surface area contributed by atoms with Crippen molar-refractivity contribution in [3.63, 3.8) is 0 Å². The normalized spacial score (nSPS) is 11.6. The Morgan fingerprint density at radius 2 is 2.06 bits per heavy atom. The molecule has 1 rings (SSSR count). The number of nitrogen functional groups attached to an aromatic ring is 1. The average molecular weight is 336 g/mol. The average Bonchev–Trinajstić information content (AvgIpc) is 2.22. The van der Waals surface area contributed by atoms with Gasteiger partial charge in [-0.1, -0.05) is 20.8 Å². The van der Waals surface area contributed by atoms with E-state index in [1.807, 2.05) is 22.6 Å². The van der Waals surface area contributed by atoms with Gasteiger partial charge in [-0.25, -0.2) is 4.39 Å². The van der Waals surface area contributed by atoms with Crippen molar-refractivity contribution in [3.05, 3.63) is 21.5 Å². The first-order valence-corrected chi connectivity index (χ1v) is 6.42. The number of rotatable bonds is 4. The zero-order valence-electron chi connectivity index (χ0n) is 9.90. The fourth-order valence-electron chi connectivity index (χ4n) is 1.17. The number of halogens is 2. The lowest BCUT2D eigenvalue weighted by atomic mass is 9.90. The SMILES string of the molecule is CCC(C)(C)CNc1cc(F)c(I)cc1N. The van der Waals surface area contributed by atoms with Crippen molar-refractivity contribution in [2.24, 2.45) is 5.41 Å². The Hall–Kier alpha value is -0.520. The van der Waals surface area contributed by atoms with Crippen molar-refractivity contribution in [3.8, 4) is 0 Å². The van der Waals surface area contributed by atoms with Crippen LogP contribution in [0.2, 0.25) is 0 Å². The molecule has 1 aromatic carbocycles. The first kappa shape index (κ1) is 13.5. The van der Waals surface area contributed by atoms with Crippen LogP contribution >= 0.6 is 22.6 Å². The molecule has 2 nitrogen and oxygen atoms in total. The lowest BCUT2D eigenvalue weighted by molar-refractivity contribution is 0.377. The molecule has 4 heteroatoms. The predicted molar refractivity (Wildman–Crippen MR) is 76.1 cm³/mol. The van der Waals surface area contributed by atoms with Crippen LogP contribution in [0.15, 0.2) is 12.1 Å². The molecule has 0 heterocycles. The summed E-state index contributed by atoms with van der Waals surface area (Å²) in [7, 11) is 0. The van der Waals surface area contributed by atoms with E-state index in [9.17, 15) is 4.39 Å². The molecular weight excluding hydrogens is 318 g/mol. The van der Waals surface area contributed by atoms with E-state index in [-0.39, 0.29) is 11.2 Å². The minimum absolute atomic E-state index is 0.186. The van der Waals surface area contributed by atoms with E-state index in [2.05, 4.69) is 26.1 Å². The van der Waals surface area contributed by atoms with Crippen LogP contribution in [-0.4, -0.2) is 6.54 Å². The molecule has 0 saturated heterocycles. The third-order valence-electron chi connectivity index (χ3n) is 2.81. The Morgan fingerprint density at radius 1 is 1.44 bits per heavy atom. The van der Waals surface area contributed by atoms with Gasteiger partial charge in [-0.15, -0.1) is 0 Å². The Kier molecular flexibility index (Phi) is 4.41. The van der Waals surface area contributed by atoms with Crippen LogP contribution in [0.4, 0.5) is 15.8 Å². The topological polar surface area (TPSA) is 38.0 Å². The lowest BCUT2D eigenvalue weighted by Crippen LogP contribution is -2.22. The van der Waals surface area contributed by atoms with Gasteiger partial charge >= 0.3 is 0 Å². The summed E-state index contributed by atoms with van der Waals surface area (Å²) in [5.74, 6) is -0.230. The van der Waals surface area contributed by atoms with Gasteiger partial charge in [0.15, 0.2) is 0 Å². The number of benzene rings is 1. The molecule has 0 fully saturated rings. The fraction of sp³-hybridized carbons (Fsp3) is 0.500. The maximum absolute atomic E-state index is 13.4. The van der Waals surface area contributed by atoms with E-state index in [0.717, 1.165) is 13.0 Å². The van der Waals surface area contributed by atoms with Gasteiger partial charge in [0.05, 0.1) is 14.9 Å². The summed E-state index contributed by atoms with van der Waals surface area (Å²) >= 11 is 1.94. The molecule has 0 aliphatic carbocycles. The molecule has 3 N–H and O–H groups in total. The molecular formula is C12H18FIN2. The van der Waals surface area contributed by atoms with Crippen molar-refractivity contribution in [1.82, 2.24) is 0 Å². The van der Waals surface area contributed by atoms with Gasteiger partial charge in [0.1, 0.15) is 5.82 Å². The van der Waals surface area contributed by atoms with E-state index in [0.29, 0.717) is 14.9 Å². The highest BCUT2D eigenvalue weighted by Gasteiger charge is 2.15. The van der Waals surface area contributed by atoms with Gasteiger partial charge in [0, 0.05) is 12.6 Å². The lowest BCUT2D eigenvalue weighted by Gasteiger charge is -2.24. The van der Waals surface area contributed by atoms with Crippen LogP contribution in [0.1, 0.15) is 27.2 Å². The molecule has 0 amide bonds. The zero-order chi connectivity index (χ0) is 12.3. The first-order valence-electron chi connectivity index (χ1n) is 5.34.